The molecule has 0 saturated heterocycles. The fourth-order valence-corrected chi connectivity index (χ4v) is 3.21. The molecule has 0 atom stereocenters. The predicted molar refractivity (Wildman–Crippen MR) is 123 cm³/mol. The summed E-state index contributed by atoms with van der Waals surface area (Å²) in [6.07, 6.45) is 9.63. The lowest BCUT2D eigenvalue weighted by Gasteiger charge is -2.09. The van der Waals surface area contributed by atoms with Gasteiger partial charge >= 0.3 is 0 Å². The van der Waals surface area contributed by atoms with Gasteiger partial charge in [0.2, 0.25) is 5.91 Å². The minimum atomic E-state index is -0.519. The normalized spacial score (nSPS) is 11.5. The molecule has 0 aliphatic heterocycles. The fraction of sp³-hybridized carbons (Fsp3) is 0.304. The van der Waals surface area contributed by atoms with Crippen LogP contribution in [-0.4, -0.2) is 20.4 Å². The smallest absolute Gasteiger partial charge is 0.265 e. The summed E-state index contributed by atoms with van der Waals surface area (Å²) in [4.78, 5) is 33.2. The molecule has 7 heteroatoms. The molecule has 6 nitrogen and oxygen atoms in total. The zero-order valence-corrected chi connectivity index (χ0v) is 18.1. The molecule has 2 heterocycles. The third-order valence-electron chi connectivity index (χ3n) is 4.97. The second-order valence-electron chi connectivity index (χ2n) is 7.48. The number of rotatable bonds is 8. The SMILES string of the molecule is CC(C)c1ccc2ncn(/C=C(\CCCCc3cccnc3)C(N)=O)c(=O)c2c1.Cl. The van der Waals surface area contributed by atoms with Crippen LogP contribution in [0, 0.1) is 0 Å². The van der Waals surface area contributed by atoms with E-state index in [9.17, 15) is 9.59 Å². The maximum absolute atomic E-state index is 12.9. The summed E-state index contributed by atoms with van der Waals surface area (Å²) in [5, 5.41) is 0.537. The van der Waals surface area contributed by atoms with Crippen LogP contribution in [0.2, 0.25) is 0 Å². The Kier molecular flexibility index (Phi) is 8.30. The van der Waals surface area contributed by atoms with Crippen molar-refractivity contribution < 1.29 is 4.79 Å². The number of primary amides is 1. The molecule has 0 saturated carbocycles. The van der Waals surface area contributed by atoms with Crippen LogP contribution < -0.4 is 11.3 Å². The molecule has 1 amide bonds. The van der Waals surface area contributed by atoms with Gasteiger partial charge in [0.1, 0.15) is 6.33 Å². The average Bonchev–Trinajstić information content (AvgIpc) is 2.72. The first-order valence-electron chi connectivity index (χ1n) is 9.86. The molecule has 3 rings (SSSR count). The van der Waals surface area contributed by atoms with Gasteiger partial charge in [0, 0.05) is 24.2 Å². The number of nitrogens with zero attached hydrogens (tertiary/aromatic N) is 3. The molecule has 0 aliphatic rings. The summed E-state index contributed by atoms with van der Waals surface area (Å²) >= 11 is 0. The second kappa shape index (κ2) is 10.7. The van der Waals surface area contributed by atoms with Gasteiger partial charge in [-0.2, -0.15) is 0 Å². The Morgan fingerprint density at radius 3 is 2.70 bits per heavy atom. The van der Waals surface area contributed by atoms with E-state index in [0.717, 1.165) is 30.4 Å². The van der Waals surface area contributed by atoms with Crippen molar-refractivity contribution in [2.24, 2.45) is 5.73 Å². The standard InChI is InChI=1S/C23H26N4O2.ClH/c1-16(2)18-9-10-21-20(12-18)23(29)27(15-26-21)14-19(22(24)28)8-4-3-6-17-7-5-11-25-13-17;/h5,7,9-16H,3-4,6,8H2,1-2H3,(H2,24,28);1H/b19-14+;. The van der Waals surface area contributed by atoms with Gasteiger partial charge in [0.15, 0.2) is 0 Å². The first kappa shape index (κ1) is 23.3. The number of hydrogen-bond donors (Lipinski definition) is 1. The molecule has 158 valence electrons. The number of aryl methyl sites for hydroxylation is 1. The molecule has 2 aromatic heterocycles. The molecule has 0 radical (unpaired) electrons. The summed E-state index contributed by atoms with van der Waals surface area (Å²) < 4.78 is 1.35. The molecule has 0 aliphatic carbocycles. The van der Waals surface area contributed by atoms with Gasteiger partial charge in [0.05, 0.1) is 10.9 Å². The van der Waals surface area contributed by atoms with E-state index in [2.05, 4.69) is 23.8 Å². The molecular formula is C23H27ClN4O2. The number of carbonyl (C=O) groups excluding carboxylic acids is 1. The molecule has 0 bridgehead atoms. The maximum Gasteiger partial charge on any atom is 0.265 e. The van der Waals surface area contributed by atoms with E-state index in [0.29, 0.717) is 28.8 Å². The first-order valence-corrected chi connectivity index (χ1v) is 9.86. The molecule has 3 aromatic rings. The number of carbonyl (C=O) groups is 1. The summed E-state index contributed by atoms with van der Waals surface area (Å²) in [5.41, 5.74) is 8.64. The van der Waals surface area contributed by atoms with Gasteiger partial charge in [-0.1, -0.05) is 26.0 Å². The lowest BCUT2D eigenvalue weighted by atomic mass is 10.0. The van der Waals surface area contributed by atoms with E-state index in [1.165, 1.54) is 17.1 Å². The van der Waals surface area contributed by atoms with Crippen LogP contribution in [0.4, 0.5) is 0 Å². The zero-order chi connectivity index (χ0) is 20.8. The summed E-state index contributed by atoms with van der Waals surface area (Å²) in [5.74, 6) is -0.210. The topological polar surface area (TPSA) is 90.9 Å². The van der Waals surface area contributed by atoms with Gasteiger partial charge < -0.3 is 5.73 Å². The van der Waals surface area contributed by atoms with Crippen LogP contribution in [0.3, 0.4) is 0 Å². The van der Waals surface area contributed by atoms with Crippen molar-refractivity contribution in [1.82, 2.24) is 14.5 Å². The number of amides is 1. The molecule has 0 unspecified atom stereocenters. The number of unbranched alkanes of at least 4 members (excludes halogenated alkanes) is 1. The quantitative estimate of drug-likeness (QED) is 0.434. The van der Waals surface area contributed by atoms with Crippen LogP contribution >= 0.6 is 12.4 Å². The molecule has 0 spiro atoms. The van der Waals surface area contributed by atoms with Gasteiger partial charge in [-0.15, -0.1) is 12.4 Å². The Morgan fingerprint density at radius 1 is 1.23 bits per heavy atom. The Morgan fingerprint density at radius 2 is 2.03 bits per heavy atom. The lowest BCUT2D eigenvalue weighted by Crippen LogP contribution is -2.20. The van der Waals surface area contributed by atoms with E-state index < -0.39 is 5.91 Å². The number of halogens is 1. The number of hydrogen-bond acceptors (Lipinski definition) is 4. The highest BCUT2D eigenvalue weighted by Gasteiger charge is 2.10. The van der Waals surface area contributed by atoms with E-state index in [1.807, 2.05) is 36.5 Å². The monoisotopic (exact) mass is 426 g/mol. The fourth-order valence-electron chi connectivity index (χ4n) is 3.21. The van der Waals surface area contributed by atoms with Crippen molar-refractivity contribution in [3.63, 3.8) is 0 Å². The highest BCUT2D eigenvalue weighted by atomic mass is 35.5. The average molecular weight is 427 g/mol. The predicted octanol–water partition coefficient (Wildman–Crippen LogP) is 4.08. The Labute approximate surface area is 182 Å². The van der Waals surface area contributed by atoms with Crippen molar-refractivity contribution in [3.05, 3.63) is 76.1 Å². The molecule has 1 aromatic carbocycles. The first-order chi connectivity index (χ1) is 14.0. The van der Waals surface area contributed by atoms with Gasteiger partial charge in [0.25, 0.3) is 5.56 Å². The van der Waals surface area contributed by atoms with Crippen molar-refractivity contribution in [2.45, 2.75) is 45.4 Å². The van der Waals surface area contributed by atoms with Gasteiger partial charge in [-0.25, -0.2) is 4.98 Å². The third-order valence-corrected chi connectivity index (χ3v) is 4.97. The van der Waals surface area contributed by atoms with Crippen molar-refractivity contribution >= 4 is 35.4 Å². The van der Waals surface area contributed by atoms with E-state index in [4.69, 9.17) is 5.73 Å². The number of fused-ring (bicyclic) bond motifs is 1. The maximum atomic E-state index is 12.9. The Bertz CT molecular complexity index is 1090. The van der Waals surface area contributed by atoms with Crippen LogP contribution in [0.5, 0.6) is 0 Å². The number of aromatic nitrogens is 3. The lowest BCUT2D eigenvalue weighted by molar-refractivity contribution is -0.114. The van der Waals surface area contributed by atoms with Crippen LogP contribution in [0.25, 0.3) is 17.1 Å². The molecule has 0 fully saturated rings. The number of nitrogens with two attached hydrogens (primary N) is 1. The number of pyridine rings is 1. The van der Waals surface area contributed by atoms with Gasteiger partial charge in [-0.05, 0) is 60.9 Å². The van der Waals surface area contributed by atoms with Gasteiger partial charge in [-0.3, -0.25) is 19.1 Å². The van der Waals surface area contributed by atoms with Crippen LogP contribution in [0.1, 0.15) is 50.2 Å². The van der Waals surface area contributed by atoms with E-state index in [-0.39, 0.29) is 18.0 Å². The van der Waals surface area contributed by atoms with Crippen molar-refractivity contribution in [3.8, 4) is 0 Å². The Balaban J connectivity index is 0.00000320. The van der Waals surface area contributed by atoms with Crippen LogP contribution in [0.15, 0.2) is 59.4 Å². The van der Waals surface area contributed by atoms with E-state index >= 15 is 0 Å². The molecular weight excluding hydrogens is 400 g/mol. The second-order valence-corrected chi connectivity index (χ2v) is 7.48. The zero-order valence-electron chi connectivity index (χ0n) is 17.2. The summed E-state index contributed by atoms with van der Waals surface area (Å²) in [6, 6.07) is 9.65. The highest BCUT2D eigenvalue weighted by Crippen LogP contribution is 2.18. The van der Waals surface area contributed by atoms with E-state index in [1.54, 1.807) is 6.20 Å². The third kappa shape index (κ3) is 5.76. The minimum Gasteiger partial charge on any atom is -0.366 e. The highest BCUT2D eigenvalue weighted by molar-refractivity contribution is 5.95. The summed E-state index contributed by atoms with van der Waals surface area (Å²) in [7, 11) is 0. The van der Waals surface area contributed by atoms with Crippen LogP contribution in [-0.2, 0) is 11.2 Å². The number of benzene rings is 1. The van der Waals surface area contributed by atoms with Crippen molar-refractivity contribution in [1.29, 1.82) is 0 Å². The largest absolute Gasteiger partial charge is 0.366 e. The molecule has 2 N–H and O–H groups in total. The minimum absolute atomic E-state index is 0. The van der Waals surface area contributed by atoms with Crippen molar-refractivity contribution in [2.75, 3.05) is 0 Å². The Hall–Kier alpha value is -2.99. The molecule has 30 heavy (non-hydrogen) atoms. The summed E-state index contributed by atoms with van der Waals surface area (Å²) in [6.45, 7) is 4.15.